The van der Waals surface area contributed by atoms with Crippen LogP contribution in [0, 0.1) is 0 Å². The van der Waals surface area contributed by atoms with E-state index in [1.165, 1.54) is 7.11 Å². The number of anilines is 2. The van der Waals surface area contributed by atoms with Gasteiger partial charge < -0.3 is 20.5 Å². The second kappa shape index (κ2) is 4.48. The maximum Gasteiger partial charge on any atom is 0.322 e. The van der Waals surface area contributed by atoms with E-state index in [1.54, 1.807) is 0 Å². The van der Waals surface area contributed by atoms with Crippen molar-refractivity contribution in [2.24, 2.45) is 0 Å². The SMILES string of the molecule is COc1nc(N)nc(N2CCCC(O)C2)n1. The molecular formula is C9H15N5O2. The Kier molecular flexibility index (Phi) is 3.04. The number of nitrogens with two attached hydrogens (primary N) is 1. The van der Waals surface area contributed by atoms with Gasteiger partial charge in [-0.25, -0.2) is 0 Å². The van der Waals surface area contributed by atoms with Crippen LogP contribution in [0.1, 0.15) is 12.8 Å². The molecular weight excluding hydrogens is 210 g/mol. The van der Waals surface area contributed by atoms with Crippen LogP contribution in [0.2, 0.25) is 0 Å². The maximum absolute atomic E-state index is 9.56. The molecule has 1 saturated heterocycles. The van der Waals surface area contributed by atoms with E-state index < -0.39 is 0 Å². The van der Waals surface area contributed by atoms with E-state index in [-0.39, 0.29) is 18.1 Å². The van der Waals surface area contributed by atoms with Crippen LogP contribution in [-0.2, 0) is 0 Å². The van der Waals surface area contributed by atoms with Gasteiger partial charge in [-0.15, -0.1) is 0 Å². The van der Waals surface area contributed by atoms with Crippen molar-refractivity contribution in [3.05, 3.63) is 0 Å². The summed E-state index contributed by atoms with van der Waals surface area (Å²) in [5, 5.41) is 9.56. The highest BCUT2D eigenvalue weighted by Gasteiger charge is 2.20. The van der Waals surface area contributed by atoms with Crippen LogP contribution in [0.4, 0.5) is 11.9 Å². The smallest absolute Gasteiger partial charge is 0.322 e. The maximum atomic E-state index is 9.56. The summed E-state index contributed by atoms with van der Waals surface area (Å²) in [6.45, 7) is 1.33. The highest BCUT2D eigenvalue weighted by atomic mass is 16.5. The third-order valence-corrected chi connectivity index (χ3v) is 2.48. The van der Waals surface area contributed by atoms with Gasteiger partial charge in [0.05, 0.1) is 13.2 Å². The second-order valence-corrected chi connectivity index (χ2v) is 3.72. The minimum absolute atomic E-state index is 0.127. The minimum atomic E-state index is -0.335. The number of methoxy groups -OCH3 is 1. The summed E-state index contributed by atoms with van der Waals surface area (Å²) in [4.78, 5) is 13.8. The largest absolute Gasteiger partial charge is 0.467 e. The van der Waals surface area contributed by atoms with E-state index in [0.717, 1.165) is 19.4 Å². The molecule has 16 heavy (non-hydrogen) atoms. The van der Waals surface area contributed by atoms with Gasteiger partial charge in [-0.2, -0.15) is 15.0 Å². The van der Waals surface area contributed by atoms with Crippen molar-refractivity contribution in [1.29, 1.82) is 0 Å². The lowest BCUT2D eigenvalue weighted by atomic mass is 10.1. The number of nitrogen functional groups attached to an aromatic ring is 1. The summed E-state index contributed by atoms with van der Waals surface area (Å²) < 4.78 is 4.92. The molecule has 88 valence electrons. The Morgan fingerprint density at radius 2 is 2.25 bits per heavy atom. The van der Waals surface area contributed by atoms with Gasteiger partial charge in [-0.3, -0.25) is 0 Å². The summed E-state index contributed by atoms with van der Waals surface area (Å²) in [6.07, 6.45) is 1.39. The van der Waals surface area contributed by atoms with Crippen molar-refractivity contribution >= 4 is 11.9 Å². The lowest BCUT2D eigenvalue weighted by molar-refractivity contribution is 0.153. The molecule has 1 aromatic heterocycles. The standard InChI is InChI=1S/C9H15N5O2/c1-16-9-12-7(10)11-8(13-9)14-4-2-3-6(15)5-14/h6,15H,2-5H2,1H3,(H2,10,11,12,13). The lowest BCUT2D eigenvalue weighted by Gasteiger charge is -2.29. The van der Waals surface area contributed by atoms with E-state index in [4.69, 9.17) is 10.5 Å². The molecule has 0 spiro atoms. The first-order valence-corrected chi connectivity index (χ1v) is 5.17. The van der Waals surface area contributed by atoms with Gasteiger partial charge in [0.25, 0.3) is 0 Å². The number of aromatic nitrogens is 3. The molecule has 7 heteroatoms. The monoisotopic (exact) mass is 225 g/mol. The molecule has 0 bridgehead atoms. The number of hydrogen-bond donors (Lipinski definition) is 2. The minimum Gasteiger partial charge on any atom is -0.467 e. The fourth-order valence-corrected chi connectivity index (χ4v) is 1.73. The van der Waals surface area contributed by atoms with Crippen molar-refractivity contribution in [1.82, 2.24) is 15.0 Å². The molecule has 0 saturated carbocycles. The molecule has 1 aliphatic rings. The first kappa shape index (κ1) is 10.9. The predicted octanol–water partition coefficient (Wildman–Crippen LogP) is -0.577. The summed E-state index contributed by atoms with van der Waals surface area (Å²) in [5.41, 5.74) is 5.54. The Bertz CT molecular complexity index is 373. The number of nitrogens with zero attached hydrogens (tertiary/aromatic N) is 4. The number of ether oxygens (including phenoxy) is 1. The number of aliphatic hydroxyl groups is 1. The van der Waals surface area contributed by atoms with Crippen LogP contribution in [-0.4, -0.2) is 46.4 Å². The molecule has 0 radical (unpaired) electrons. The van der Waals surface area contributed by atoms with Gasteiger partial charge in [-0.1, -0.05) is 0 Å². The van der Waals surface area contributed by atoms with Crippen LogP contribution in [0.3, 0.4) is 0 Å². The normalized spacial score (nSPS) is 20.9. The van der Waals surface area contributed by atoms with Crippen molar-refractivity contribution in [2.45, 2.75) is 18.9 Å². The molecule has 1 unspecified atom stereocenters. The van der Waals surface area contributed by atoms with Gasteiger partial charge in [0.15, 0.2) is 0 Å². The van der Waals surface area contributed by atoms with Crippen LogP contribution in [0.5, 0.6) is 6.01 Å². The first-order chi connectivity index (χ1) is 7.69. The zero-order valence-corrected chi connectivity index (χ0v) is 9.13. The molecule has 0 aliphatic carbocycles. The lowest BCUT2D eigenvalue weighted by Crippen LogP contribution is -2.39. The molecule has 1 fully saturated rings. The Labute approximate surface area is 93.3 Å². The van der Waals surface area contributed by atoms with Crippen molar-refractivity contribution in [3.8, 4) is 6.01 Å². The van der Waals surface area contributed by atoms with E-state index in [2.05, 4.69) is 15.0 Å². The van der Waals surface area contributed by atoms with E-state index in [9.17, 15) is 5.11 Å². The Morgan fingerprint density at radius 3 is 2.94 bits per heavy atom. The fraction of sp³-hybridized carbons (Fsp3) is 0.667. The number of rotatable bonds is 2. The third kappa shape index (κ3) is 2.30. The molecule has 2 rings (SSSR count). The molecule has 7 nitrogen and oxygen atoms in total. The number of hydrogen-bond acceptors (Lipinski definition) is 7. The molecule has 0 aromatic carbocycles. The van der Waals surface area contributed by atoms with Gasteiger partial charge >= 0.3 is 6.01 Å². The zero-order valence-electron chi connectivity index (χ0n) is 9.13. The van der Waals surface area contributed by atoms with Gasteiger partial charge in [0, 0.05) is 13.1 Å². The Balaban J connectivity index is 2.21. The predicted molar refractivity (Wildman–Crippen MR) is 58.2 cm³/mol. The summed E-state index contributed by atoms with van der Waals surface area (Å²) >= 11 is 0. The first-order valence-electron chi connectivity index (χ1n) is 5.17. The summed E-state index contributed by atoms with van der Waals surface area (Å²) in [6, 6.07) is 0.197. The average molecular weight is 225 g/mol. The van der Waals surface area contributed by atoms with Gasteiger partial charge in [0.2, 0.25) is 11.9 Å². The van der Waals surface area contributed by atoms with Crippen LogP contribution < -0.4 is 15.4 Å². The topological polar surface area (TPSA) is 97.4 Å². The van der Waals surface area contributed by atoms with Crippen LogP contribution in [0.15, 0.2) is 0 Å². The quantitative estimate of drug-likeness (QED) is 0.695. The number of β-amino-alcohol motifs (C(OH)–C–C–N with tert-alkyl or cyclic N) is 1. The van der Waals surface area contributed by atoms with Gasteiger partial charge in [-0.05, 0) is 12.8 Å². The third-order valence-electron chi connectivity index (χ3n) is 2.48. The Morgan fingerprint density at radius 1 is 1.44 bits per heavy atom. The van der Waals surface area contributed by atoms with E-state index in [0.29, 0.717) is 12.5 Å². The summed E-state index contributed by atoms with van der Waals surface area (Å²) in [5.74, 6) is 0.588. The number of piperidine rings is 1. The summed E-state index contributed by atoms with van der Waals surface area (Å²) in [7, 11) is 1.48. The fourth-order valence-electron chi connectivity index (χ4n) is 1.73. The van der Waals surface area contributed by atoms with Crippen LogP contribution >= 0.6 is 0 Å². The van der Waals surface area contributed by atoms with E-state index >= 15 is 0 Å². The van der Waals surface area contributed by atoms with Crippen molar-refractivity contribution in [3.63, 3.8) is 0 Å². The van der Waals surface area contributed by atoms with Crippen molar-refractivity contribution in [2.75, 3.05) is 30.8 Å². The molecule has 1 atom stereocenters. The molecule has 0 amide bonds. The average Bonchev–Trinajstić information content (AvgIpc) is 2.28. The second-order valence-electron chi connectivity index (χ2n) is 3.72. The zero-order chi connectivity index (χ0) is 11.5. The number of aliphatic hydroxyl groups excluding tert-OH is 1. The highest BCUT2D eigenvalue weighted by Crippen LogP contribution is 2.18. The van der Waals surface area contributed by atoms with Crippen molar-refractivity contribution < 1.29 is 9.84 Å². The molecule has 1 aliphatic heterocycles. The molecule has 3 N–H and O–H groups in total. The van der Waals surface area contributed by atoms with E-state index in [1.807, 2.05) is 4.90 Å². The molecule has 1 aromatic rings. The van der Waals surface area contributed by atoms with Crippen LogP contribution in [0.25, 0.3) is 0 Å². The molecule has 2 heterocycles. The van der Waals surface area contributed by atoms with Gasteiger partial charge in [0.1, 0.15) is 0 Å². The highest BCUT2D eigenvalue weighted by molar-refractivity contribution is 5.36. The Hall–Kier alpha value is -1.63.